The fourth-order valence-electron chi connectivity index (χ4n) is 2.87. The van der Waals surface area contributed by atoms with Gasteiger partial charge in [0.25, 0.3) is 0 Å². The van der Waals surface area contributed by atoms with Crippen LogP contribution in [-0.4, -0.2) is 19.6 Å². The van der Waals surface area contributed by atoms with E-state index in [1.54, 1.807) is 0 Å². The van der Waals surface area contributed by atoms with Crippen molar-refractivity contribution in [1.29, 1.82) is 0 Å². The van der Waals surface area contributed by atoms with Gasteiger partial charge in [-0.2, -0.15) is 0 Å². The Labute approximate surface area is 104 Å². The number of fused-ring (bicyclic) bond motifs is 1. The minimum atomic E-state index is 0.508. The lowest BCUT2D eigenvalue weighted by Crippen LogP contribution is -2.37. The van der Waals surface area contributed by atoms with Crippen molar-refractivity contribution in [2.75, 3.05) is 19.6 Å². The first-order valence-electron chi connectivity index (χ1n) is 6.86. The first-order valence-corrected chi connectivity index (χ1v) is 6.86. The number of nitrogens with one attached hydrogen (secondary N) is 2. The number of hydrogen-bond donors (Lipinski definition) is 2. The first-order chi connectivity index (χ1) is 8.34. The number of benzene rings is 1. The van der Waals surface area contributed by atoms with Crippen LogP contribution < -0.4 is 10.6 Å². The van der Waals surface area contributed by atoms with Crippen molar-refractivity contribution in [2.45, 2.75) is 25.8 Å². The van der Waals surface area contributed by atoms with Crippen molar-refractivity contribution in [1.82, 2.24) is 10.6 Å². The highest BCUT2D eigenvalue weighted by Crippen LogP contribution is 2.36. The molecule has 0 aromatic heterocycles. The fourth-order valence-corrected chi connectivity index (χ4v) is 2.87. The van der Waals surface area contributed by atoms with Crippen LogP contribution in [0.25, 0.3) is 0 Å². The van der Waals surface area contributed by atoms with Crippen LogP contribution >= 0.6 is 0 Å². The molecule has 0 spiro atoms. The van der Waals surface area contributed by atoms with Gasteiger partial charge in [0.1, 0.15) is 0 Å². The van der Waals surface area contributed by atoms with Gasteiger partial charge in [-0.05, 0) is 48.9 Å². The molecule has 2 heteroatoms. The van der Waals surface area contributed by atoms with E-state index in [0.717, 1.165) is 24.9 Å². The van der Waals surface area contributed by atoms with Crippen LogP contribution in [0.3, 0.4) is 0 Å². The van der Waals surface area contributed by atoms with Crippen LogP contribution in [0.1, 0.15) is 30.5 Å². The molecular formula is C15H22N2. The third-order valence-corrected chi connectivity index (χ3v) is 4.25. The van der Waals surface area contributed by atoms with Crippen molar-refractivity contribution in [3.8, 4) is 0 Å². The molecule has 2 N–H and O–H groups in total. The van der Waals surface area contributed by atoms with E-state index in [2.05, 4.69) is 41.8 Å². The lowest BCUT2D eigenvalue weighted by molar-refractivity contribution is 0.460. The average molecular weight is 230 g/mol. The molecule has 0 amide bonds. The highest BCUT2D eigenvalue weighted by Gasteiger charge is 2.31. The van der Waals surface area contributed by atoms with Crippen molar-refractivity contribution in [3.05, 3.63) is 35.4 Å². The molecule has 3 atom stereocenters. The normalized spacial score (nSPS) is 31.0. The van der Waals surface area contributed by atoms with Gasteiger partial charge in [-0.25, -0.2) is 0 Å². The summed E-state index contributed by atoms with van der Waals surface area (Å²) in [4.78, 5) is 0. The molecule has 0 saturated heterocycles. The summed E-state index contributed by atoms with van der Waals surface area (Å²) in [7, 11) is 0. The molecule has 17 heavy (non-hydrogen) atoms. The quantitative estimate of drug-likeness (QED) is 0.828. The lowest BCUT2D eigenvalue weighted by Gasteiger charge is -2.27. The van der Waals surface area contributed by atoms with E-state index in [1.807, 2.05) is 0 Å². The maximum Gasteiger partial charge on any atom is 0.0449 e. The molecule has 1 aliphatic heterocycles. The topological polar surface area (TPSA) is 24.1 Å². The molecule has 1 aliphatic carbocycles. The summed E-state index contributed by atoms with van der Waals surface area (Å²) in [5, 5.41) is 7.24. The Balaban J connectivity index is 1.57. The highest BCUT2D eigenvalue weighted by atomic mass is 15.0. The Morgan fingerprint density at radius 2 is 2.12 bits per heavy atom. The van der Waals surface area contributed by atoms with Crippen LogP contribution in [0, 0.1) is 11.8 Å². The predicted octanol–water partition coefficient (Wildman–Crippen LogP) is 2.12. The third-order valence-electron chi connectivity index (χ3n) is 4.25. The summed E-state index contributed by atoms with van der Waals surface area (Å²) in [5.41, 5.74) is 3.02. The van der Waals surface area contributed by atoms with E-state index in [4.69, 9.17) is 0 Å². The molecule has 1 saturated carbocycles. The molecule has 0 bridgehead atoms. The van der Waals surface area contributed by atoms with Crippen molar-refractivity contribution in [2.24, 2.45) is 11.8 Å². The molecule has 3 rings (SSSR count). The SMILES string of the molecule is CC1CC1CNCC1NCCc2ccccc21. The van der Waals surface area contributed by atoms with Gasteiger partial charge in [-0.1, -0.05) is 31.2 Å². The summed E-state index contributed by atoms with van der Waals surface area (Å²) in [5.74, 6) is 1.89. The second-order valence-electron chi connectivity index (χ2n) is 5.59. The monoisotopic (exact) mass is 230 g/mol. The molecule has 3 unspecified atom stereocenters. The van der Waals surface area contributed by atoms with Crippen LogP contribution in [-0.2, 0) is 6.42 Å². The second kappa shape index (κ2) is 4.79. The van der Waals surface area contributed by atoms with Crippen LogP contribution in [0.15, 0.2) is 24.3 Å². The summed E-state index contributed by atoms with van der Waals surface area (Å²) < 4.78 is 0. The zero-order valence-corrected chi connectivity index (χ0v) is 10.6. The molecular weight excluding hydrogens is 208 g/mol. The predicted molar refractivity (Wildman–Crippen MR) is 71.0 cm³/mol. The zero-order valence-electron chi connectivity index (χ0n) is 10.6. The highest BCUT2D eigenvalue weighted by molar-refractivity contribution is 5.32. The van der Waals surface area contributed by atoms with Crippen molar-refractivity contribution in [3.63, 3.8) is 0 Å². The number of hydrogen-bond acceptors (Lipinski definition) is 2. The maximum atomic E-state index is 3.63. The van der Waals surface area contributed by atoms with Crippen molar-refractivity contribution >= 4 is 0 Å². The molecule has 1 aromatic carbocycles. The van der Waals surface area contributed by atoms with Crippen LogP contribution in [0.5, 0.6) is 0 Å². The summed E-state index contributed by atoms with van der Waals surface area (Å²) in [6.45, 7) is 5.73. The van der Waals surface area contributed by atoms with E-state index in [9.17, 15) is 0 Å². The first kappa shape index (κ1) is 11.2. The smallest absolute Gasteiger partial charge is 0.0449 e. The summed E-state index contributed by atoms with van der Waals surface area (Å²) in [6, 6.07) is 9.36. The third kappa shape index (κ3) is 2.53. The Kier molecular flexibility index (Phi) is 3.17. The van der Waals surface area contributed by atoms with E-state index >= 15 is 0 Å². The Morgan fingerprint density at radius 3 is 2.94 bits per heavy atom. The number of rotatable bonds is 4. The van der Waals surface area contributed by atoms with E-state index in [0.29, 0.717) is 6.04 Å². The standard InChI is InChI=1S/C15H22N2/c1-11-8-13(11)9-16-10-15-14-5-3-2-4-12(14)6-7-17-15/h2-5,11,13,15-17H,6-10H2,1H3. The lowest BCUT2D eigenvalue weighted by atomic mass is 9.94. The van der Waals surface area contributed by atoms with Gasteiger partial charge in [0.05, 0.1) is 0 Å². The minimum absolute atomic E-state index is 0.508. The Bertz CT molecular complexity index is 388. The van der Waals surface area contributed by atoms with E-state index < -0.39 is 0 Å². The van der Waals surface area contributed by atoms with Gasteiger partial charge in [-0.3, -0.25) is 0 Å². The average Bonchev–Trinajstić information content (AvgIpc) is 3.06. The van der Waals surface area contributed by atoms with E-state index in [-0.39, 0.29) is 0 Å². The molecule has 1 fully saturated rings. The van der Waals surface area contributed by atoms with Gasteiger partial charge in [0.15, 0.2) is 0 Å². The minimum Gasteiger partial charge on any atom is -0.315 e. The molecule has 1 aromatic rings. The molecule has 92 valence electrons. The zero-order chi connectivity index (χ0) is 11.7. The molecule has 0 radical (unpaired) electrons. The van der Waals surface area contributed by atoms with E-state index in [1.165, 1.54) is 30.5 Å². The molecule has 2 aliphatic rings. The largest absolute Gasteiger partial charge is 0.315 e. The Hall–Kier alpha value is -0.860. The summed E-state index contributed by atoms with van der Waals surface area (Å²) in [6.07, 6.45) is 2.59. The van der Waals surface area contributed by atoms with Gasteiger partial charge < -0.3 is 10.6 Å². The van der Waals surface area contributed by atoms with Gasteiger partial charge in [0.2, 0.25) is 0 Å². The maximum absolute atomic E-state index is 3.63. The fraction of sp³-hybridized carbons (Fsp3) is 0.600. The van der Waals surface area contributed by atoms with Gasteiger partial charge in [0, 0.05) is 12.6 Å². The summed E-state index contributed by atoms with van der Waals surface area (Å²) >= 11 is 0. The van der Waals surface area contributed by atoms with Crippen molar-refractivity contribution < 1.29 is 0 Å². The van der Waals surface area contributed by atoms with Crippen LogP contribution in [0.4, 0.5) is 0 Å². The van der Waals surface area contributed by atoms with Gasteiger partial charge in [-0.15, -0.1) is 0 Å². The Morgan fingerprint density at radius 1 is 1.29 bits per heavy atom. The van der Waals surface area contributed by atoms with Gasteiger partial charge >= 0.3 is 0 Å². The van der Waals surface area contributed by atoms with Crippen LogP contribution in [0.2, 0.25) is 0 Å². The molecule has 2 nitrogen and oxygen atoms in total. The second-order valence-corrected chi connectivity index (χ2v) is 5.59. The molecule has 1 heterocycles.